The van der Waals surface area contributed by atoms with Gasteiger partial charge in [0.15, 0.2) is 5.13 Å². The Morgan fingerprint density at radius 3 is 2.58 bits per heavy atom. The van der Waals surface area contributed by atoms with Crippen molar-refractivity contribution in [3.05, 3.63) is 11.1 Å². The van der Waals surface area contributed by atoms with Crippen molar-refractivity contribution in [2.45, 2.75) is 34.1 Å². The van der Waals surface area contributed by atoms with E-state index >= 15 is 0 Å². The summed E-state index contributed by atoms with van der Waals surface area (Å²) >= 11 is 1.71. The van der Waals surface area contributed by atoms with E-state index in [4.69, 9.17) is 0 Å². The van der Waals surface area contributed by atoms with Crippen molar-refractivity contribution in [1.82, 2.24) is 4.98 Å². The highest BCUT2D eigenvalue weighted by atomic mass is 32.1. The van der Waals surface area contributed by atoms with Crippen molar-refractivity contribution in [2.24, 2.45) is 0 Å². The van der Waals surface area contributed by atoms with Gasteiger partial charge in [-0.05, 0) is 13.3 Å². The molecule has 3 heteroatoms. The zero-order chi connectivity index (χ0) is 9.40. The lowest BCUT2D eigenvalue weighted by atomic mass is 10.5. The van der Waals surface area contributed by atoms with Gasteiger partial charge in [0.2, 0.25) is 0 Å². The van der Waals surface area contributed by atoms with Crippen molar-refractivity contribution in [2.75, 3.05) is 11.9 Å². The number of aryl methyl sites for hydroxylation is 1. The molecule has 0 aromatic carbocycles. The predicted octanol–water partition coefficient (Wildman–Crippen LogP) is 3.30. The molecule has 0 aliphatic heterocycles. The first kappa shape index (κ1) is 11.4. The molecule has 1 aromatic rings. The summed E-state index contributed by atoms with van der Waals surface area (Å²) in [7, 11) is 0. The van der Waals surface area contributed by atoms with Crippen LogP contribution < -0.4 is 5.32 Å². The Morgan fingerprint density at radius 2 is 2.17 bits per heavy atom. The van der Waals surface area contributed by atoms with Gasteiger partial charge in [0.1, 0.15) is 0 Å². The number of nitrogens with one attached hydrogen (secondary N) is 1. The van der Waals surface area contributed by atoms with Crippen molar-refractivity contribution >= 4 is 16.5 Å². The monoisotopic (exact) mass is 186 g/mol. The van der Waals surface area contributed by atoms with E-state index in [9.17, 15) is 0 Å². The summed E-state index contributed by atoms with van der Waals surface area (Å²) in [5.74, 6) is 0. The number of hydrogen-bond acceptors (Lipinski definition) is 3. The van der Waals surface area contributed by atoms with Crippen molar-refractivity contribution in [3.63, 3.8) is 0 Å². The quantitative estimate of drug-likeness (QED) is 0.783. The van der Waals surface area contributed by atoms with Crippen molar-refractivity contribution in [1.29, 1.82) is 0 Å². The lowest BCUT2D eigenvalue weighted by Gasteiger charge is -1.95. The minimum atomic E-state index is 1.02. The third-order valence-corrected chi connectivity index (χ3v) is 2.02. The molecule has 0 bridgehead atoms. The molecule has 0 amide bonds. The molecular weight excluding hydrogens is 168 g/mol. The van der Waals surface area contributed by atoms with E-state index in [-0.39, 0.29) is 0 Å². The third-order valence-electron chi connectivity index (χ3n) is 1.15. The fraction of sp³-hybridized carbons (Fsp3) is 0.667. The molecule has 70 valence electrons. The first-order chi connectivity index (χ1) is 5.83. The zero-order valence-electron chi connectivity index (χ0n) is 8.35. The lowest BCUT2D eigenvalue weighted by molar-refractivity contribution is 0.976. The molecule has 0 radical (unpaired) electrons. The molecule has 0 unspecified atom stereocenters. The van der Waals surface area contributed by atoms with Crippen LogP contribution in [-0.4, -0.2) is 11.5 Å². The highest BCUT2D eigenvalue weighted by Gasteiger charge is 1.93. The molecule has 1 N–H and O–H groups in total. The lowest BCUT2D eigenvalue weighted by Crippen LogP contribution is -1.97. The van der Waals surface area contributed by atoms with Crippen molar-refractivity contribution < 1.29 is 0 Å². The molecule has 0 saturated carbocycles. The van der Waals surface area contributed by atoms with Gasteiger partial charge in [0.25, 0.3) is 0 Å². The second-order valence-electron chi connectivity index (χ2n) is 2.20. The second-order valence-corrected chi connectivity index (χ2v) is 3.44. The van der Waals surface area contributed by atoms with Crippen LogP contribution in [0.4, 0.5) is 5.13 Å². The highest BCUT2D eigenvalue weighted by molar-refractivity contribution is 7.15. The van der Waals surface area contributed by atoms with Crippen LogP contribution in [0.1, 0.15) is 32.1 Å². The van der Waals surface area contributed by atoms with Gasteiger partial charge < -0.3 is 5.32 Å². The van der Waals surface area contributed by atoms with E-state index in [1.165, 1.54) is 4.88 Å². The topological polar surface area (TPSA) is 24.9 Å². The largest absolute Gasteiger partial charge is 0.362 e. The van der Waals surface area contributed by atoms with Gasteiger partial charge in [-0.3, -0.25) is 0 Å². The van der Waals surface area contributed by atoms with Crippen LogP contribution in [0.5, 0.6) is 0 Å². The molecule has 0 saturated heterocycles. The summed E-state index contributed by atoms with van der Waals surface area (Å²) in [6.07, 6.45) is 3.04. The fourth-order valence-electron chi connectivity index (χ4n) is 0.668. The van der Waals surface area contributed by atoms with Gasteiger partial charge in [-0.2, -0.15) is 0 Å². The molecule has 0 aliphatic carbocycles. The normalized spacial score (nSPS) is 8.67. The number of hydrogen-bond donors (Lipinski definition) is 1. The average Bonchev–Trinajstić information content (AvgIpc) is 2.51. The Hall–Kier alpha value is -0.570. The molecule has 0 spiro atoms. The average molecular weight is 186 g/mol. The number of thiazole rings is 1. The molecule has 1 heterocycles. The van der Waals surface area contributed by atoms with Gasteiger partial charge in [0, 0.05) is 17.6 Å². The third kappa shape index (κ3) is 4.34. The molecule has 1 rings (SSSR count). The number of anilines is 1. The Labute approximate surface area is 79.0 Å². The predicted molar refractivity (Wildman–Crippen MR) is 57.0 cm³/mol. The van der Waals surface area contributed by atoms with Gasteiger partial charge in [-0.25, -0.2) is 4.98 Å². The number of nitrogens with zero attached hydrogens (tertiary/aromatic N) is 1. The van der Waals surface area contributed by atoms with E-state index in [0.29, 0.717) is 0 Å². The van der Waals surface area contributed by atoms with Crippen molar-refractivity contribution in [3.8, 4) is 0 Å². The maximum atomic E-state index is 4.16. The van der Waals surface area contributed by atoms with Crippen LogP contribution >= 0.6 is 11.3 Å². The summed E-state index contributed by atoms with van der Waals surface area (Å²) in [6.45, 7) is 9.23. The molecule has 1 aromatic heterocycles. The van der Waals surface area contributed by atoms with Gasteiger partial charge in [-0.1, -0.05) is 20.8 Å². The maximum Gasteiger partial charge on any atom is 0.182 e. The van der Waals surface area contributed by atoms with E-state index < -0.39 is 0 Å². The van der Waals surface area contributed by atoms with Crippen LogP contribution in [0.15, 0.2) is 6.20 Å². The van der Waals surface area contributed by atoms with Crippen LogP contribution in [0.2, 0.25) is 0 Å². The molecule has 0 fully saturated rings. The van der Waals surface area contributed by atoms with Crippen LogP contribution in [-0.2, 0) is 0 Å². The Kier molecular flexibility index (Phi) is 6.76. The summed E-state index contributed by atoms with van der Waals surface area (Å²) in [4.78, 5) is 5.42. The van der Waals surface area contributed by atoms with Crippen LogP contribution in [0, 0.1) is 6.92 Å². The Morgan fingerprint density at radius 1 is 1.50 bits per heavy atom. The van der Waals surface area contributed by atoms with E-state index in [2.05, 4.69) is 24.1 Å². The first-order valence-corrected chi connectivity index (χ1v) is 5.31. The Bertz CT molecular complexity index is 196. The van der Waals surface area contributed by atoms with E-state index in [1.54, 1.807) is 11.3 Å². The summed E-state index contributed by atoms with van der Waals surface area (Å²) in [5, 5.41) is 4.26. The molecular formula is C9H18N2S. The molecule has 12 heavy (non-hydrogen) atoms. The standard InChI is InChI=1S/C7H12N2S.C2H6/c1-3-4-8-7-9-5-6(2)10-7;1-2/h5H,3-4H2,1-2H3,(H,8,9);1-2H3. The molecule has 2 nitrogen and oxygen atoms in total. The molecule has 0 atom stereocenters. The number of rotatable bonds is 3. The van der Waals surface area contributed by atoms with Crippen LogP contribution in [0.25, 0.3) is 0 Å². The molecule has 0 aliphatic rings. The number of aromatic nitrogens is 1. The SMILES string of the molecule is CC.CCCNc1ncc(C)s1. The highest BCUT2D eigenvalue weighted by Crippen LogP contribution is 2.15. The first-order valence-electron chi connectivity index (χ1n) is 4.49. The van der Waals surface area contributed by atoms with Crippen LogP contribution in [0.3, 0.4) is 0 Å². The minimum absolute atomic E-state index is 1.02. The summed E-state index contributed by atoms with van der Waals surface area (Å²) < 4.78 is 0. The van der Waals surface area contributed by atoms with Gasteiger partial charge in [0.05, 0.1) is 0 Å². The van der Waals surface area contributed by atoms with Gasteiger partial charge >= 0.3 is 0 Å². The summed E-state index contributed by atoms with van der Waals surface area (Å²) in [6, 6.07) is 0. The van der Waals surface area contributed by atoms with E-state index in [1.807, 2.05) is 20.0 Å². The summed E-state index contributed by atoms with van der Waals surface area (Å²) in [5.41, 5.74) is 0. The van der Waals surface area contributed by atoms with Gasteiger partial charge in [-0.15, -0.1) is 11.3 Å². The minimum Gasteiger partial charge on any atom is -0.362 e. The fourth-order valence-corrected chi connectivity index (χ4v) is 1.36. The maximum absolute atomic E-state index is 4.16. The second kappa shape index (κ2) is 7.10. The van der Waals surface area contributed by atoms with E-state index in [0.717, 1.165) is 18.1 Å². The Balaban J connectivity index is 0.000000561. The smallest absolute Gasteiger partial charge is 0.182 e. The zero-order valence-corrected chi connectivity index (χ0v) is 9.16.